The zero-order valence-electron chi connectivity index (χ0n) is 16.5. The normalized spacial score (nSPS) is 15.3. The zero-order chi connectivity index (χ0) is 21.3. The molecule has 1 saturated heterocycles. The Balaban J connectivity index is 1.63. The molecular formula is C23H19FN2O3S. The molecule has 1 aliphatic heterocycles. The minimum absolute atomic E-state index is 0.0901. The van der Waals surface area contributed by atoms with Gasteiger partial charge in [-0.1, -0.05) is 18.2 Å². The molecule has 0 atom stereocenters. The summed E-state index contributed by atoms with van der Waals surface area (Å²) in [6.45, 7) is 1.87. The number of halogens is 1. The van der Waals surface area contributed by atoms with Crippen molar-refractivity contribution in [2.24, 2.45) is 0 Å². The van der Waals surface area contributed by atoms with Gasteiger partial charge in [-0.15, -0.1) is 0 Å². The number of benzene rings is 2. The van der Waals surface area contributed by atoms with Crippen molar-refractivity contribution in [3.63, 3.8) is 0 Å². The van der Waals surface area contributed by atoms with Gasteiger partial charge in [-0.3, -0.25) is 14.5 Å². The SMILES string of the molecule is COc1ccc(-n2c(C)ccc2/C=C2\SC(=O)N(Cc3ccccc3F)C2=O)cc1. The van der Waals surface area contributed by atoms with Gasteiger partial charge in [-0.25, -0.2) is 4.39 Å². The van der Waals surface area contributed by atoms with Crippen molar-refractivity contribution in [3.05, 3.63) is 88.3 Å². The van der Waals surface area contributed by atoms with Crippen molar-refractivity contribution in [1.82, 2.24) is 9.47 Å². The standard InChI is InChI=1S/C23H19FN2O3S/c1-15-7-8-18(26(15)17-9-11-19(29-2)12-10-17)13-21-22(27)25(23(28)30-21)14-16-5-3-4-6-20(16)24/h3-13H,14H2,1-2H3/b21-13-. The molecule has 1 aliphatic rings. The number of imide groups is 1. The zero-order valence-corrected chi connectivity index (χ0v) is 17.3. The number of aromatic nitrogens is 1. The molecule has 0 aliphatic carbocycles. The average Bonchev–Trinajstić information content (AvgIpc) is 3.24. The van der Waals surface area contributed by atoms with Gasteiger partial charge >= 0.3 is 0 Å². The molecular weight excluding hydrogens is 403 g/mol. The van der Waals surface area contributed by atoms with Gasteiger partial charge in [-0.05, 0) is 67.2 Å². The summed E-state index contributed by atoms with van der Waals surface area (Å²) in [7, 11) is 1.61. The number of amides is 2. The van der Waals surface area contributed by atoms with E-state index in [0.717, 1.165) is 39.5 Å². The highest BCUT2D eigenvalue weighted by molar-refractivity contribution is 8.18. The van der Waals surface area contributed by atoms with Gasteiger partial charge in [0.25, 0.3) is 11.1 Å². The van der Waals surface area contributed by atoms with Crippen molar-refractivity contribution in [3.8, 4) is 11.4 Å². The maximum absolute atomic E-state index is 14.0. The first kappa shape index (κ1) is 20.0. The van der Waals surface area contributed by atoms with Gasteiger partial charge in [0.1, 0.15) is 11.6 Å². The quantitative estimate of drug-likeness (QED) is 0.533. The third-order valence-electron chi connectivity index (χ3n) is 4.88. The lowest BCUT2D eigenvalue weighted by molar-refractivity contribution is -0.123. The number of hydrogen-bond acceptors (Lipinski definition) is 4. The second kappa shape index (κ2) is 8.20. The van der Waals surface area contributed by atoms with E-state index < -0.39 is 17.0 Å². The van der Waals surface area contributed by atoms with E-state index in [4.69, 9.17) is 4.74 Å². The molecule has 7 heteroatoms. The number of thioether (sulfide) groups is 1. The van der Waals surface area contributed by atoms with Crippen LogP contribution in [0.15, 0.2) is 65.6 Å². The van der Waals surface area contributed by atoms with E-state index >= 15 is 0 Å². The van der Waals surface area contributed by atoms with E-state index in [-0.39, 0.29) is 6.54 Å². The van der Waals surface area contributed by atoms with Crippen LogP contribution >= 0.6 is 11.8 Å². The lowest BCUT2D eigenvalue weighted by Crippen LogP contribution is -2.27. The Kier molecular flexibility index (Phi) is 5.46. The fourth-order valence-electron chi connectivity index (χ4n) is 3.32. The van der Waals surface area contributed by atoms with E-state index in [2.05, 4.69) is 0 Å². The molecule has 0 N–H and O–H groups in total. The molecule has 2 aromatic carbocycles. The van der Waals surface area contributed by atoms with Crippen molar-refractivity contribution >= 4 is 29.0 Å². The smallest absolute Gasteiger partial charge is 0.293 e. The van der Waals surface area contributed by atoms with Gasteiger partial charge in [-0.2, -0.15) is 0 Å². The minimum Gasteiger partial charge on any atom is -0.497 e. The van der Waals surface area contributed by atoms with E-state index in [1.807, 2.05) is 47.9 Å². The van der Waals surface area contributed by atoms with Crippen LogP contribution in [0.1, 0.15) is 17.0 Å². The first-order valence-electron chi connectivity index (χ1n) is 9.29. The fraction of sp³-hybridized carbons (Fsp3) is 0.130. The third-order valence-corrected chi connectivity index (χ3v) is 5.78. The minimum atomic E-state index is -0.440. The van der Waals surface area contributed by atoms with Gasteiger partial charge in [0.05, 0.1) is 18.6 Å². The maximum atomic E-state index is 14.0. The molecule has 2 heterocycles. The number of ether oxygens (including phenoxy) is 1. The number of hydrogen-bond donors (Lipinski definition) is 0. The Labute approximate surface area is 177 Å². The summed E-state index contributed by atoms with van der Waals surface area (Å²) in [6, 6.07) is 17.5. The van der Waals surface area contributed by atoms with Crippen LogP contribution in [0, 0.1) is 12.7 Å². The summed E-state index contributed by atoms with van der Waals surface area (Å²) in [5.74, 6) is -0.114. The first-order valence-corrected chi connectivity index (χ1v) is 10.1. The Morgan fingerprint density at radius 3 is 2.47 bits per heavy atom. The second-order valence-electron chi connectivity index (χ2n) is 6.79. The van der Waals surface area contributed by atoms with Gasteiger partial charge in [0, 0.05) is 22.6 Å². The molecule has 1 fully saturated rings. The van der Waals surface area contributed by atoms with E-state index in [1.165, 1.54) is 6.07 Å². The summed E-state index contributed by atoms with van der Waals surface area (Å²) in [4.78, 5) is 26.6. The molecule has 2 amide bonds. The van der Waals surface area contributed by atoms with Crippen molar-refractivity contribution in [1.29, 1.82) is 0 Å². The highest BCUT2D eigenvalue weighted by Gasteiger charge is 2.35. The Hall–Kier alpha value is -3.32. The van der Waals surface area contributed by atoms with Crippen LogP contribution in [0.4, 0.5) is 9.18 Å². The van der Waals surface area contributed by atoms with Crippen LogP contribution in [-0.2, 0) is 11.3 Å². The van der Waals surface area contributed by atoms with E-state index in [1.54, 1.807) is 31.4 Å². The van der Waals surface area contributed by atoms with Gasteiger partial charge in [0.2, 0.25) is 0 Å². The molecule has 0 radical (unpaired) electrons. The fourth-order valence-corrected chi connectivity index (χ4v) is 4.15. The third kappa shape index (κ3) is 3.76. The van der Waals surface area contributed by atoms with Crippen LogP contribution < -0.4 is 4.74 Å². The molecule has 0 spiro atoms. The first-order chi connectivity index (χ1) is 14.5. The molecule has 3 aromatic rings. The van der Waals surface area contributed by atoms with Gasteiger partial charge < -0.3 is 9.30 Å². The molecule has 0 bridgehead atoms. The predicted octanol–water partition coefficient (Wildman–Crippen LogP) is 5.17. The summed E-state index contributed by atoms with van der Waals surface area (Å²) in [5, 5.41) is -0.409. The number of methoxy groups -OCH3 is 1. The van der Waals surface area contributed by atoms with Crippen molar-refractivity contribution < 1.29 is 18.7 Å². The molecule has 30 heavy (non-hydrogen) atoms. The summed E-state index contributed by atoms with van der Waals surface area (Å²) >= 11 is 0.864. The largest absolute Gasteiger partial charge is 0.497 e. The second-order valence-corrected chi connectivity index (χ2v) is 7.79. The Morgan fingerprint density at radius 2 is 1.77 bits per heavy atom. The Morgan fingerprint density at radius 1 is 1.03 bits per heavy atom. The average molecular weight is 422 g/mol. The molecule has 1 aromatic heterocycles. The summed E-state index contributed by atoms with van der Waals surface area (Å²) in [5.41, 5.74) is 2.97. The molecule has 4 rings (SSSR count). The van der Waals surface area contributed by atoms with Crippen LogP contribution in [0.5, 0.6) is 5.75 Å². The highest BCUT2D eigenvalue weighted by Crippen LogP contribution is 2.34. The number of carbonyl (C=O) groups is 2. The summed E-state index contributed by atoms with van der Waals surface area (Å²) < 4.78 is 21.2. The molecule has 0 unspecified atom stereocenters. The van der Waals surface area contributed by atoms with E-state index in [0.29, 0.717) is 10.5 Å². The van der Waals surface area contributed by atoms with Crippen LogP contribution in [-0.4, -0.2) is 27.7 Å². The lowest BCUT2D eigenvalue weighted by atomic mass is 10.2. The number of rotatable bonds is 5. The lowest BCUT2D eigenvalue weighted by Gasteiger charge is -2.13. The topological polar surface area (TPSA) is 51.5 Å². The van der Waals surface area contributed by atoms with Crippen LogP contribution in [0.2, 0.25) is 0 Å². The van der Waals surface area contributed by atoms with Crippen LogP contribution in [0.3, 0.4) is 0 Å². The van der Waals surface area contributed by atoms with E-state index in [9.17, 15) is 14.0 Å². The summed E-state index contributed by atoms with van der Waals surface area (Å²) in [6.07, 6.45) is 1.70. The molecule has 0 saturated carbocycles. The molecule has 5 nitrogen and oxygen atoms in total. The molecule has 152 valence electrons. The maximum Gasteiger partial charge on any atom is 0.293 e. The van der Waals surface area contributed by atoms with Gasteiger partial charge in [0.15, 0.2) is 0 Å². The monoisotopic (exact) mass is 422 g/mol. The predicted molar refractivity (Wildman–Crippen MR) is 115 cm³/mol. The van der Waals surface area contributed by atoms with Crippen molar-refractivity contribution in [2.75, 3.05) is 7.11 Å². The Bertz CT molecular complexity index is 1150. The highest BCUT2D eigenvalue weighted by atomic mass is 32.2. The van der Waals surface area contributed by atoms with Crippen LogP contribution in [0.25, 0.3) is 11.8 Å². The number of carbonyl (C=O) groups excluding carboxylic acids is 2. The number of nitrogens with zero attached hydrogens (tertiary/aromatic N) is 2. The number of aryl methyl sites for hydroxylation is 1. The van der Waals surface area contributed by atoms with Crippen molar-refractivity contribution in [2.45, 2.75) is 13.5 Å².